The van der Waals surface area contributed by atoms with Crippen LogP contribution in [0.4, 0.5) is 0 Å². The van der Waals surface area contributed by atoms with Crippen LogP contribution in [0.5, 0.6) is 0 Å². The first-order valence-corrected chi connectivity index (χ1v) is 10.3. The van der Waals surface area contributed by atoms with E-state index in [0.717, 1.165) is 33.4 Å². The van der Waals surface area contributed by atoms with Gasteiger partial charge < -0.3 is 19.2 Å². The molecule has 0 aliphatic rings. The molecule has 2 N–H and O–H groups in total. The van der Waals surface area contributed by atoms with Crippen molar-refractivity contribution in [3.8, 4) is 11.4 Å². The van der Waals surface area contributed by atoms with Gasteiger partial charge in [-0.3, -0.25) is 0 Å². The maximum atomic E-state index is 9.50. The molecule has 0 amide bonds. The zero-order valence-corrected chi connectivity index (χ0v) is 16.7. The Labute approximate surface area is 179 Å². The number of fused-ring (bicyclic) bond motifs is 5. The molecular weight excluding hydrogens is 383 g/mol. The van der Waals surface area contributed by atoms with Gasteiger partial charge in [0.25, 0.3) is 0 Å². The summed E-state index contributed by atoms with van der Waals surface area (Å²) in [5.41, 5.74) is 7.14. The molecule has 6 aromatic rings. The van der Waals surface area contributed by atoms with Gasteiger partial charge in [0.15, 0.2) is 0 Å². The third-order valence-corrected chi connectivity index (χ3v) is 5.94. The maximum absolute atomic E-state index is 9.50. The fraction of sp³-hybridized carbons (Fsp3) is 0. The third kappa shape index (κ3) is 2.64. The summed E-state index contributed by atoms with van der Waals surface area (Å²) in [6, 6.07) is 34.7. The highest BCUT2D eigenvalue weighted by molar-refractivity contribution is 6.58. The normalized spacial score (nSPS) is 11.5. The zero-order valence-electron chi connectivity index (χ0n) is 16.7. The molecule has 2 heterocycles. The average molecular weight is 402 g/mol. The van der Waals surface area contributed by atoms with E-state index < -0.39 is 7.12 Å². The first kappa shape index (κ1) is 18.0. The van der Waals surface area contributed by atoms with Crippen molar-refractivity contribution in [1.82, 2.24) is 9.13 Å². The first-order valence-electron chi connectivity index (χ1n) is 10.3. The van der Waals surface area contributed by atoms with Crippen molar-refractivity contribution in [3.63, 3.8) is 0 Å². The quantitative estimate of drug-likeness (QED) is 0.431. The van der Waals surface area contributed by atoms with E-state index in [2.05, 4.69) is 81.9 Å². The minimum Gasteiger partial charge on any atom is -0.423 e. The van der Waals surface area contributed by atoms with Gasteiger partial charge in [0.05, 0.1) is 22.1 Å². The molecule has 6 rings (SSSR count). The van der Waals surface area contributed by atoms with Gasteiger partial charge in [0.2, 0.25) is 0 Å². The number of para-hydroxylation sites is 3. The Morgan fingerprint density at radius 1 is 0.484 bits per heavy atom. The largest absolute Gasteiger partial charge is 0.488 e. The number of hydrogen-bond donors (Lipinski definition) is 2. The van der Waals surface area contributed by atoms with E-state index in [9.17, 15) is 10.0 Å². The topological polar surface area (TPSA) is 50.3 Å². The Bertz CT molecular complexity index is 1540. The van der Waals surface area contributed by atoms with Crippen LogP contribution in [0, 0.1) is 0 Å². The Morgan fingerprint density at radius 3 is 1.45 bits per heavy atom. The lowest BCUT2D eigenvalue weighted by Gasteiger charge is -2.09. The molecule has 0 unspecified atom stereocenters. The average Bonchev–Trinajstić information content (AvgIpc) is 3.32. The molecule has 0 aliphatic carbocycles. The van der Waals surface area contributed by atoms with Crippen LogP contribution < -0.4 is 5.46 Å². The van der Waals surface area contributed by atoms with Crippen molar-refractivity contribution in [1.29, 1.82) is 0 Å². The number of rotatable bonds is 3. The summed E-state index contributed by atoms with van der Waals surface area (Å²) in [4.78, 5) is 0. The molecular formula is C26H19BN2O2. The van der Waals surface area contributed by atoms with Crippen LogP contribution in [0.15, 0.2) is 103 Å². The summed E-state index contributed by atoms with van der Waals surface area (Å²) in [5, 5.41) is 21.4. The number of hydrogen-bond acceptors (Lipinski definition) is 2. The van der Waals surface area contributed by atoms with Crippen molar-refractivity contribution in [2.75, 3.05) is 0 Å². The molecule has 31 heavy (non-hydrogen) atoms. The summed E-state index contributed by atoms with van der Waals surface area (Å²) in [6.07, 6.45) is 0. The lowest BCUT2D eigenvalue weighted by molar-refractivity contribution is 0.426. The minimum atomic E-state index is -1.48. The van der Waals surface area contributed by atoms with E-state index in [-0.39, 0.29) is 0 Å². The Hall–Kier alpha value is -3.80. The highest BCUT2D eigenvalue weighted by atomic mass is 16.4. The minimum absolute atomic E-state index is 0.475. The maximum Gasteiger partial charge on any atom is 0.488 e. The molecule has 0 aliphatic heterocycles. The van der Waals surface area contributed by atoms with E-state index >= 15 is 0 Å². The number of nitrogens with zero attached hydrogens (tertiary/aromatic N) is 2. The van der Waals surface area contributed by atoms with Crippen molar-refractivity contribution >= 4 is 45.4 Å². The van der Waals surface area contributed by atoms with Gasteiger partial charge in [0.1, 0.15) is 0 Å². The lowest BCUT2D eigenvalue weighted by Crippen LogP contribution is -2.29. The SMILES string of the molecule is OB(O)c1ccc(-n2c3ccccc3c3c2c2ccccc2n3-c2ccccc2)cc1. The summed E-state index contributed by atoms with van der Waals surface area (Å²) >= 11 is 0. The Balaban J connectivity index is 1.80. The molecule has 0 bridgehead atoms. The monoisotopic (exact) mass is 402 g/mol. The van der Waals surface area contributed by atoms with Gasteiger partial charge >= 0.3 is 7.12 Å². The van der Waals surface area contributed by atoms with Crippen molar-refractivity contribution in [2.45, 2.75) is 0 Å². The van der Waals surface area contributed by atoms with Crippen molar-refractivity contribution in [3.05, 3.63) is 103 Å². The van der Waals surface area contributed by atoms with Gasteiger partial charge in [-0.25, -0.2) is 0 Å². The van der Waals surface area contributed by atoms with Gasteiger partial charge in [-0.05, 0) is 41.9 Å². The van der Waals surface area contributed by atoms with E-state index in [1.165, 1.54) is 10.8 Å². The van der Waals surface area contributed by atoms with E-state index in [1.807, 2.05) is 18.2 Å². The van der Waals surface area contributed by atoms with Gasteiger partial charge in [-0.2, -0.15) is 0 Å². The zero-order chi connectivity index (χ0) is 20.9. The number of aromatic nitrogens is 2. The molecule has 0 radical (unpaired) electrons. The fourth-order valence-electron chi connectivity index (χ4n) is 4.60. The van der Waals surface area contributed by atoms with Crippen LogP contribution in [0.2, 0.25) is 0 Å². The Kier molecular flexibility index (Phi) is 4.00. The van der Waals surface area contributed by atoms with E-state index in [1.54, 1.807) is 12.1 Å². The highest BCUT2D eigenvalue weighted by Crippen LogP contribution is 2.40. The van der Waals surface area contributed by atoms with Gasteiger partial charge in [-0.15, -0.1) is 0 Å². The standard InChI is InChI=1S/C26H19BN2O2/c30-27(31)18-14-16-20(17-15-18)29-24-13-7-5-11-22(24)25-26(29)21-10-4-6-12-23(21)28(25)19-8-2-1-3-9-19/h1-17,30-31H. The highest BCUT2D eigenvalue weighted by Gasteiger charge is 2.21. The number of benzene rings is 4. The molecule has 0 atom stereocenters. The van der Waals surface area contributed by atoms with Crippen LogP contribution in [0.1, 0.15) is 0 Å². The molecule has 148 valence electrons. The molecule has 4 nitrogen and oxygen atoms in total. The molecule has 4 aromatic carbocycles. The summed E-state index contributed by atoms with van der Waals surface area (Å²) in [5.74, 6) is 0. The van der Waals surface area contributed by atoms with E-state index in [4.69, 9.17) is 0 Å². The second-order valence-electron chi connectivity index (χ2n) is 7.70. The summed E-state index contributed by atoms with van der Waals surface area (Å²) in [6.45, 7) is 0. The molecule has 0 saturated heterocycles. The predicted molar refractivity (Wildman–Crippen MR) is 127 cm³/mol. The van der Waals surface area contributed by atoms with Crippen LogP contribution in [-0.4, -0.2) is 26.3 Å². The second-order valence-corrected chi connectivity index (χ2v) is 7.70. The van der Waals surface area contributed by atoms with Gasteiger partial charge in [-0.1, -0.05) is 66.7 Å². The summed E-state index contributed by atoms with van der Waals surface area (Å²) in [7, 11) is -1.48. The molecule has 2 aromatic heterocycles. The van der Waals surface area contributed by atoms with Crippen LogP contribution in [0.25, 0.3) is 44.2 Å². The first-order chi connectivity index (χ1) is 15.2. The lowest BCUT2D eigenvalue weighted by atomic mass is 9.80. The second kappa shape index (κ2) is 6.88. The van der Waals surface area contributed by atoms with Crippen LogP contribution in [-0.2, 0) is 0 Å². The summed E-state index contributed by atoms with van der Waals surface area (Å²) < 4.78 is 4.59. The fourth-order valence-corrected chi connectivity index (χ4v) is 4.60. The van der Waals surface area contributed by atoms with Crippen LogP contribution in [0.3, 0.4) is 0 Å². The van der Waals surface area contributed by atoms with Gasteiger partial charge in [0, 0.05) is 22.1 Å². The van der Waals surface area contributed by atoms with Crippen LogP contribution >= 0.6 is 0 Å². The van der Waals surface area contributed by atoms with E-state index in [0.29, 0.717) is 5.46 Å². The molecule has 0 saturated carbocycles. The van der Waals surface area contributed by atoms with Crippen molar-refractivity contribution in [2.24, 2.45) is 0 Å². The van der Waals surface area contributed by atoms with Crippen molar-refractivity contribution < 1.29 is 10.0 Å². The molecule has 5 heteroatoms. The Morgan fingerprint density at radius 2 is 0.935 bits per heavy atom. The molecule has 0 spiro atoms. The third-order valence-electron chi connectivity index (χ3n) is 5.94. The smallest absolute Gasteiger partial charge is 0.423 e. The predicted octanol–water partition coefficient (Wildman–Crippen LogP) is 4.41. The molecule has 0 fully saturated rings.